The summed E-state index contributed by atoms with van der Waals surface area (Å²) in [5.74, 6) is 1.57. The third kappa shape index (κ3) is 3.52. The van der Waals surface area contributed by atoms with Crippen molar-refractivity contribution in [3.63, 3.8) is 0 Å². The maximum Gasteiger partial charge on any atom is 0.253 e. The Bertz CT molecular complexity index is 890. The first-order valence-corrected chi connectivity index (χ1v) is 9.25. The summed E-state index contributed by atoms with van der Waals surface area (Å²) in [5, 5.41) is 4.09. The van der Waals surface area contributed by atoms with Crippen molar-refractivity contribution in [2.24, 2.45) is 0 Å². The summed E-state index contributed by atoms with van der Waals surface area (Å²) in [6, 6.07) is 9.55. The van der Waals surface area contributed by atoms with Crippen molar-refractivity contribution in [1.29, 1.82) is 0 Å². The molecule has 2 aromatic heterocycles. The van der Waals surface area contributed by atoms with Gasteiger partial charge in [0.2, 0.25) is 0 Å². The number of benzene rings is 1. The van der Waals surface area contributed by atoms with Crippen molar-refractivity contribution in [3.05, 3.63) is 58.4 Å². The molecule has 1 saturated heterocycles. The molecule has 9 heteroatoms. The Balaban J connectivity index is 1.43. The topological polar surface area (TPSA) is 80.0 Å². The minimum atomic E-state index is 0.0760. The fourth-order valence-corrected chi connectivity index (χ4v) is 3.24. The molecule has 0 radical (unpaired) electrons. The number of amides is 1. The highest BCUT2D eigenvalue weighted by Crippen LogP contribution is 2.17. The zero-order valence-corrected chi connectivity index (χ0v) is 16.0. The Kier molecular flexibility index (Phi) is 4.78. The zero-order valence-electron chi connectivity index (χ0n) is 13.9. The lowest BCUT2D eigenvalue weighted by molar-refractivity contribution is 0.0746. The Morgan fingerprint density at radius 1 is 0.962 bits per heavy atom. The molecule has 4 rings (SSSR count). The van der Waals surface area contributed by atoms with Crippen LogP contribution in [-0.2, 0) is 0 Å². The molecule has 0 atom stereocenters. The second-order valence-electron chi connectivity index (χ2n) is 5.86. The van der Waals surface area contributed by atoms with Gasteiger partial charge >= 0.3 is 0 Å². The van der Waals surface area contributed by atoms with Crippen LogP contribution in [0.25, 0.3) is 5.82 Å². The van der Waals surface area contributed by atoms with Crippen molar-refractivity contribution in [2.75, 3.05) is 31.1 Å². The van der Waals surface area contributed by atoms with E-state index in [1.54, 1.807) is 11.0 Å². The molecule has 132 valence electrons. The fraction of sp³-hybridized carbons (Fsp3) is 0.235. The van der Waals surface area contributed by atoms with E-state index in [-0.39, 0.29) is 5.91 Å². The van der Waals surface area contributed by atoms with Gasteiger partial charge < -0.3 is 9.80 Å². The highest BCUT2D eigenvalue weighted by Gasteiger charge is 2.23. The van der Waals surface area contributed by atoms with Gasteiger partial charge in [0.1, 0.15) is 24.8 Å². The summed E-state index contributed by atoms with van der Waals surface area (Å²) in [5.41, 5.74) is 0.731. The Labute approximate surface area is 164 Å². The zero-order chi connectivity index (χ0) is 17.9. The van der Waals surface area contributed by atoms with Crippen LogP contribution in [0.4, 0.5) is 5.82 Å². The third-order valence-corrected chi connectivity index (χ3v) is 4.99. The highest BCUT2D eigenvalue weighted by atomic mass is 127. The minimum absolute atomic E-state index is 0.0760. The lowest BCUT2D eigenvalue weighted by Gasteiger charge is -2.35. The number of hydrogen-bond acceptors (Lipinski definition) is 6. The van der Waals surface area contributed by atoms with E-state index in [1.165, 1.54) is 12.7 Å². The summed E-state index contributed by atoms with van der Waals surface area (Å²) in [7, 11) is 0. The maximum atomic E-state index is 12.6. The van der Waals surface area contributed by atoms with Crippen LogP contribution in [-0.4, -0.2) is 61.7 Å². The molecular weight excluding hydrogens is 445 g/mol. The van der Waals surface area contributed by atoms with Gasteiger partial charge in [-0.05, 0) is 46.9 Å². The van der Waals surface area contributed by atoms with E-state index in [9.17, 15) is 4.79 Å². The molecule has 3 heterocycles. The quantitative estimate of drug-likeness (QED) is 0.552. The van der Waals surface area contributed by atoms with Gasteiger partial charge in [0.15, 0.2) is 5.82 Å². The Morgan fingerprint density at radius 3 is 2.38 bits per heavy atom. The summed E-state index contributed by atoms with van der Waals surface area (Å²) in [6.07, 6.45) is 4.59. The van der Waals surface area contributed by atoms with E-state index >= 15 is 0 Å². The van der Waals surface area contributed by atoms with Gasteiger partial charge in [-0.3, -0.25) is 4.79 Å². The molecule has 0 saturated carbocycles. The fourth-order valence-electron chi connectivity index (χ4n) is 2.88. The highest BCUT2D eigenvalue weighted by molar-refractivity contribution is 14.1. The van der Waals surface area contributed by atoms with Crippen molar-refractivity contribution < 1.29 is 4.79 Å². The average molecular weight is 461 g/mol. The summed E-state index contributed by atoms with van der Waals surface area (Å²) < 4.78 is 2.72. The van der Waals surface area contributed by atoms with Gasteiger partial charge in [0, 0.05) is 41.4 Å². The largest absolute Gasteiger partial charge is 0.353 e. The van der Waals surface area contributed by atoms with Crippen LogP contribution in [0.5, 0.6) is 0 Å². The first-order chi connectivity index (χ1) is 12.7. The van der Waals surface area contributed by atoms with Crippen LogP contribution in [0.15, 0.2) is 49.3 Å². The van der Waals surface area contributed by atoms with Crippen molar-refractivity contribution in [2.45, 2.75) is 0 Å². The number of nitrogens with zero attached hydrogens (tertiary/aromatic N) is 7. The molecule has 26 heavy (non-hydrogen) atoms. The van der Waals surface area contributed by atoms with Crippen molar-refractivity contribution >= 4 is 34.3 Å². The lowest BCUT2D eigenvalue weighted by Crippen LogP contribution is -2.49. The monoisotopic (exact) mass is 461 g/mol. The second-order valence-corrected chi connectivity index (χ2v) is 7.11. The van der Waals surface area contributed by atoms with Gasteiger partial charge in [-0.25, -0.2) is 19.6 Å². The number of carbonyl (C=O) groups is 1. The number of anilines is 1. The number of hydrogen-bond donors (Lipinski definition) is 0. The first-order valence-electron chi connectivity index (χ1n) is 8.17. The minimum Gasteiger partial charge on any atom is -0.353 e. The number of carbonyl (C=O) groups excluding carboxylic acids is 1. The predicted octanol–water partition coefficient (Wildman–Crippen LogP) is 1.62. The molecule has 0 N–H and O–H groups in total. The van der Waals surface area contributed by atoms with E-state index < -0.39 is 0 Å². The van der Waals surface area contributed by atoms with Gasteiger partial charge in [0.05, 0.1) is 0 Å². The van der Waals surface area contributed by atoms with E-state index in [2.05, 4.69) is 47.5 Å². The number of halogens is 1. The molecule has 1 amide bonds. The van der Waals surface area contributed by atoms with Crippen LogP contribution in [0.1, 0.15) is 10.4 Å². The van der Waals surface area contributed by atoms with Gasteiger partial charge in [-0.2, -0.15) is 5.10 Å². The van der Waals surface area contributed by atoms with Gasteiger partial charge in [-0.1, -0.05) is 0 Å². The smallest absolute Gasteiger partial charge is 0.253 e. The second kappa shape index (κ2) is 7.36. The Morgan fingerprint density at radius 2 is 1.69 bits per heavy atom. The van der Waals surface area contributed by atoms with Crippen molar-refractivity contribution in [1.82, 2.24) is 29.6 Å². The molecule has 0 bridgehead atoms. The van der Waals surface area contributed by atoms with Crippen LogP contribution in [0.2, 0.25) is 0 Å². The van der Waals surface area contributed by atoms with Crippen LogP contribution in [0, 0.1) is 3.57 Å². The molecule has 0 unspecified atom stereocenters. The van der Waals surface area contributed by atoms with E-state index in [0.29, 0.717) is 18.9 Å². The van der Waals surface area contributed by atoms with Crippen LogP contribution in [0.3, 0.4) is 0 Å². The van der Waals surface area contributed by atoms with Crippen molar-refractivity contribution in [3.8, 4) is 5.82 Å². The summed E-state index contributed by atoms with van der Waals surface area (Å²) in [4.78, 5) is 29.2. The van der Waals surface area contributed by atoms with E-state index in [4.69, 9.17) is 0 Å². The maximum absolute atomic E-state index is 12.6. The third-order valence-electron chi connectivity index (χ3n) is 4.27. The normalized spacial score (nSPS) is 14.5. The standard InChI is InChI=1S/C17H16IN7O/c18-14-3-1-13(2-4-14)17(26)24-7-5-23(6-8-24)15-9-16(21-11-20-15)25-12-19-10-22-25/h1-4,9-12H,5-8H2. The molecule has 0 spiro atoms. The lowest BCUT2D eigenvalue weighted by atomic mass is 10.2. The predicted molar refractivity (Wildman–Crippen MR) is 104 cm³/mol. The van der Waals surface area contributed by atoms with Crippen LogP contribution >= 0.6 is 22.6 Å². The SMILES string of the molecule is O=C(c1ccc(I)cc1)N1CCN(c2cc(-n3cncn3)ncn2)CC1. The average Bonchev–Trinajstić information content (AvgIpc) is 3.23. The van der Waals surface area contributed by atoms with Crippen LogP contribution < -0.4 is 4.90 Å². The first kappa shape index (κ1) is 16.9. The molecule has 1 aliphatic rings. The number of aromatic nitrogens is 5. The summed E-state index contributed by atoms with van der Waals surface area (Å²) >= 11 is 2.24. The number of rotatable bonds is 3. The Hall–Kier alpha value is -2.56. The molecule has 8 nitrogen and oxygen atoms in total. The van der Waals surface area contributed by atoms with Gasteiger partial charge in [0.25, 0.3) is 5.91 Å². The van der Waals surface area contributed by atoms with E-state index in [0.717, 1.165) is 28.0 Å². The van der Waals surface area contributed by atoms with E-state index in [1.807, 2.05) is 35.2 Å². The number of piperazine rings is 1. The molecular formula is C17H16IN7O. The molecule has 1 aliphatic heterocycles. The molecule has 1 aromatic carbocycles. The molecule has 0 aliphatic carbocycles. The van der Waals surface area contributed by atoms with Gasteiger partial charge in [-0.15, -0.1) is 0 Å². The molecule has 1 fully saturated rings. The molecule has 3 aromatic rings. The summed E-state index contributed by atoms with van der Waals surface area (Å²) in [6.45, 7) is 2.77.